The van der Waals surface area contributed by atoms with Crippen molar-refractivity contribution in [3.8, 4) is 18.4 Å². The lowest BCUT2D eigenvalue weighted by molar-refractivity contribution is -0.0605. The number of ether oxygens (including phenoxy) is 1. The van der Waals surface area contributed by atoms with E-state index in [0.29, 0.717) is 23.0 Å². The Kier molecular flexibility index (Phi) is 4.39. The number of rotatable bonds is 5. The van der Waals surface area contributed by atoms with E-state index in [9.17, 15) is 10.4 Å². The predicted octanol–water partition coefficient (Wildman–Crippen LogP) is 0.804. The SMILES string of the molecule is C#CC[C@@H](CO)O[C@H](C)n1cc(C#N)c2c(N)ncnc21. The van der Waals surface area contributed by atoms with Crippen LogP contribution in [0.5, 0.6) is 0 Å². The molecule has 0 aliphatic rings. The van der Waals surface area contributed by atoms with Gasteiger partial charge in [0.15, 0.2) is 0 Å². The van der Waals surface area contributed by atoms with Crippen LogP contribution in [-0.4, -0.2) is 32.4 Å². The van der Waals surface area contributed by atoms with Crippen molar-refractivity contribution in [3.05, 3.63) is 18.1 Å². The predicted molar refractivity (Wildman–Crippen MR) is 76.8 cm³/mol. The number of terminal acetylenes is 1. The van der Waals surface area contributed by atoms with Gasteiger partial charge in [-0.05, 0) is 6.92 Å². The number of fused-ring (bicyclic) bond motifs is 1. The summed E-state index contributed by atoms with van der Waals surface area (Å²) < 4.78 is 7.36. The van der Waals surface area contributed by atoms with Crippen LogP contribution in [-0.2, 0) is 4.74 Å². The lowest BCUT2D eigenvalue weighted by Crippen LogP contribution is -2.22. The maximum Gasteiger partial charge on any atom is 0.148 e. The molecule has 0 saturated carbocycles. The normalized spacial score (nSPS) is 13.5. The number of aromatic nitrogens is 3. The van der Waals surface area contributed by atoms with E-state index in [0.717, 1.165) is 0 Å². The summed E-state index contributed by atoms with van der Waals surface area (Å²) in [6.45, 7) is 1.59. The largest absolute Gasteiger partial charge is 0.394 e. The Morgan fingerprint density at radius 2 is 2.33 bits per heavy atom. The molecule has 0 aromatic carbocycles. The summed E-state index contributed by atoms with van der Waals surface area (Å²) in [7, 11) is 0. The van der Waals surface area contributed by atoms with E-state index in [1.54, 1.807) is 17.7 Å². The maximum atomic E-state index is 9.23. The fourth-order valence-electron chi connectivity index (χ4n) is 2.10. The van der Waals surface area contributed by atoms with Crippen LogP contribution in [0.15, 0.2) is 12.5 Å². The number of nitrogens with zero attached hydrogens (tertiary/aromatic N) is 4. The Balaban J connectivity index is 2.41. The Morgan fingerprint density at radius 1 is 1.57 bits per heavy atom. The molecule has 21 heavy (non-hydrogen) atoms. The first-order valence-electron chi connectivity index (χ1n) is 6.33. The van der Waals surface area contributed by atoms with Gasteiger partial charge in [-0.2, -0.15) is 5.26 Å². The molecular weight excluding hydrogens is 270 g/mol. The lowest BCUT2D eigenvalue weighted by atomic mass is 10.2. The van der Waals surface area contributed by atoms with Crippen molar-refractivity contribution in [3.63, 3.8) is 0 Å². The molecule has 0 spiro atoms. The van der Waals surface area contributed by atoms with E-state index in [2.05, 4.69) is 22.0 Å². The monoisotopic (exact) mass is 285 g/mol. The van der Waals surface area contributed by atoms with Crippen LogP contribution >= 0.6 is 0 Å². The molecule has 2 heterocycles. The highest BCUT2D eigenvalue weighted by Crippen LogP contribution is 2.27. The van der Waals surface area contributed by atoms with Gasteiger partial charge >= 0.3 is 0 Å². The smallest absolute Gasteiger partial charge is 0.148 e. The fraction of sp³-hybridized carbons (Fsp3) is 0.357. The molecule has 0 fully saturated rings. The van der Waals surface area contributed by atoms with Gasteiger partial charge in [-0.1, -0.05) is 0 Å². The van der Waals surface area contributed by atoms with Crippen LogP contribution < -0.4 is 5.73 Å². The molecule has 0 aliphatic carbocycles. The molecule has 2 aromatic heterocycles. The van der Waals surface area contributed by atoms with Crippen molar-refractivity contribution < 1.29 is 9.84 Å². The van der Waals surface area contributed by atoms with Gasteiger partial charge in [0.05, 0.1) is 23.7 Å². The second-order valence-electron chi connectivity index (χ2n) is 4.47. The molecule has 2 rings (SSSR count). The van der Waals surface area contributed by atoms with Gasteiger partial charge in [-0.25, -0.2) is 9.97 Å². The Bertz CT molecular complexity index is 725. The molecule has 0 unspecified atom stereocenters. The second-order valence-corrected chi connectivity index (χ2v) is 4.47. The third-order valence-corrected chi connectivity index (χ3v) is 3.09. The number of aliphatic hydroxyl groups excluding tert-OH is 1. The summed E-state index contributed by atoms with van der Waals surface area (Å²) in [4.78, 5) is 8.04. The third kappa shape index (κ3) is 2.79. The van der Waals surface area contributed by atoms with Crippen LogP contribution in [0.1, 0.15) is 25.1 Å². The van der Waals surface area contributed by atoms with Crippen molar-refractivity contribution in [1.82, 2.24) is 14.5 Å². The zero-order valence-electron chi connectivity index (χ0n) is 11.5. The highest BCUT2D eigenvalue weighted by atomic mass is 16.5. The first kappa shape index (κ1) is 14.8. The number of anilines is 1. The molecule has 0 aliphatic heterocycles. The molecule has 0 bridgehead atoms. The van der Waals surface area contributed by atoms with E-state index in [1.165, 1.54) is 6.33 Å². The summed E-state index contributed by atoms with van der Waals surface area (Å²) in [5.74, 6) is 2.69. The summed E-state index contributed by atoms with van der Waals surface area (Å²) in [6, 6.07) is 2.06. The minimum atomic E-state index is -0.479. The molecule has 0 amide bonds. The van der Waals surface area contributed by atoms with Crippen LogP contribution in [0, 0.1) is 23.7 Å². The van der Waals surface area contributed by atoms with E-state index >= 15 is 0 Å². The van der Waals surface area contributed by atoms with E-state index in [-0.39, 0.29) is 12.4 Å². The lowest BCUT2D eigenvalue weighted by Gasteiger charge is -2.20. The zero-order chi connectivity index (χ0) is 15.4. The number of nitriles is 1. The number of aliphatic hydroxyl groups is 1. The Labute approximate surface area is 122 Å². The number of nitrogens with two attached hydrogens (primary N) is 1. The fourth-order valence-corrected chi connectivity index (χ4v) is 2.10. The second kappa shape index (κ2) is 6.23. The molecule has 108 valence electrons. The number of hydrogen-bond acceptors (Lipinski definition) is 6. The van der Waals surface area contributed by atoms with Crippen molar-refractivity contribution in [2.45, 2.75) is 25.7 Å². The van der Waals surface area contributed by atoms with Crippen LogP contribution in [0.3, 0.4) is 0 Å². The van der Waals surface area contributed by atoms with Gasteiger partial charge in [0.2, 0.25) is 0 Å². The van der Waals surface area contributed by atoms with E-state index in [1.807, 2.05) is 0 Å². The third-order valence-electron chi connectivity index (χ3n) is 3.09. The van der Waals surface area contributed by atoms with Crippen molar-refractivity contribution in [1.29, 1.82) is 5.26 Å². The van der Waals surface area contributed by atoms with E-state index in [4.69, 9.17) is 16.9 Å². The van der Waals surface area contributed by atoms with Crippen molar-refractivity contribution in [2.75, 3.05) is 12.3 Å². The molecular formula is C14H15N5O2. The zero-order valence-corrected chi connectivity index (χ0v) is 11.5. The van der Waals surface area contributed by atoms with Crippen LogP contribution in [0.4, 0.5) is 5.82 Å². The summed E-state index contributed by atoms with van der Waals surface area (Å²) in [5, 5.41) is 18.9. The van der Waals surface area contributed by atoms with Crippen LogP contribution in [0.25, 0.3) is 11.0 Å². The molecule has 3 N–H and O–H groups in total. The van der Waals surface area contributed by atoms with Gasteiger partial charge in [-0.15, -0.1) is 12.3 Å². The average Bonchev–Trinajstić information content (AvgIpc) is 2.87. The molecule has 2 aromatic rings. The molecule has 0 saturated heterocycles. The average molecular weight is 285 g/mol. The minimum absolute atomic E-state index is 0.185. The highest BCUT2D eigenvalue weighted by Gasteiger charge is 2.19. The standard InChI is InChI=1S/C14H15N5O2/c1-3-4-11(7-20)21-9(2)19-6-10(5-15)12-13(16)17-8-18-14(12)19/h1,6,8-9,11,20H,4,7H2,2H3,(H2,16,17,18)/t9-,11+/m1/s1. The number of hydrogen-bond donors (Lipinski definition) is 2. The van der Waals surface area contributed by atoms with Crippen LogP contribution in [0.2, 0.25) is 0 Å². The van der Waals surface area contributed by atoms with Crippen molar-refractivity contribution >= 4 is 16.9 Å². The topological polar surface area (TPSA) is 110 Å². The van der Waals surface area contributed by atoms with Gasteiger partial charge < -0.3 is 20.1 Å². The first-order valence-corrected chi connectivity index (χ1v) is 6.33. The van der Waals surface area contributed by atoms with Gasteiger partial charge in [0, 0.05) is 12.6 Å². The minimum Gasteiger partial charge on any atom is -0.394 e. The molecule has 0 radical (unpaired) electrons. The summed E-state index contributed by atoms with van der Waals surface area (Å²) in [6.07, 6.45) is 7.51. The van der Waals surface area contributed by atoms with Gasteiger partial charge in [-0.3, -0.25) is 0 Å². The summed E-state index contributed by atoms with van der Waals surface area (Å²) >= 11 is 0. The molecule has 7 heteroatoms. The Morgan fingerprint density at radius 3 is 2.95 bits per heavy atom. The maximum absolute atomic E-state index is 9.23. The van der Waals surface area contributed by atoms with Gasteiger partial charge in [0.1, 0.15) is 30.1 Å². The van der Waals surface area contributed by atoms with Gasteiger partial charge in [0.25, 0.3) is 0 Å². The summed E-state index contributed by atoms with van der Waals surface area (Å²) in [5.41, 5.74) is 6.67. The van der Waals surface area contributed by atoms with E-state index < -0.39 is 12.3 Å². The van der Waals surface area contributed by atoms with Crippen molar-refractivity contribution in [2.24, 2.45) is 0 Å². The quantitative estimate of drug-likeness (QED) is 0.786. The Hall–Kier alpha value is -2.61. The highest BCUT2D eigenvalue weighted by molar-refractivity contribution is 5.91. The molecule has 2 atom stereocenters. The first-order chi connectivity index (χ1) is 10.1. The number of nitrogen functional groups attached to an aromatic ring is 1. The molecule has 7 nitrogen and oxygen atoms in total.